The number of aliphatic hydroxyl groups excluding tert-OH is 1. The number of carboxylic acid groups (broad SMARTS) is 1. The number of carbonyl (C=O) groups is 1. The SMILES string of the molecule is O=C(O)C(O)c1cccc(Oc2cccc(C(F)(F)F)c2)c1. The smallest absolute Gasteiger partial charge is 0.416 e. The van der Waals surface area contributed by atoms with E-state index >= 15 is 0 Å². The van der Waals surface area contributed by atoms with Crippen LogP contribution in [0.1, 0.15) is 17.2 Å². The molecule has 116 valence electrons. The van der Waals surface area contributed by atoms with Crippen LogP contribution in [-0.2, 0) is 11.0 Å². The van der Waals surface area contributed by atoms with E-state index in [1.54, 1.807) is 0 Å². The lowest BCUT2D eigenvalue weighted by Crippen LogP contribution is -2.10. The zero-order valence-electron chi connectivity index (χ0n) is 11.0. The van der Waals surface area contributed by atoms with Gasteiger partial charge in [-0.2, -0.15) is 13.2 Å². The fraction of sp³-hybridized carbons (Fsp3) is 0.133. The van der Waals surface area contributed by atoms with Crippen LogP contribution in [0.25, 0.3) is 0 Å². The number of aliphatic carboxylic acids is 1. The van der Waals surface area contributed by atoms with Gasteiger partial charge in [-0.15, -0.1) is 0 Å². The average molecular weight is 312 g/mol. The van der Waals surface area contributed by atoms with Crippen molar-refractivity contribution in [2.75, 3.05) is 0 Å². The highest BCUT2D eigenvalue weighted by Gasteiger charge is 2.30. The van der Waals surface area contributed by atoms with Crippen LogP contribution in [0.4, 0.5) is 13.2 Å². The second-order valence-corrected chi connectivity index (χ2v) is 4.44. The molecule has 1 unspecified atom stereocenters. The molecule has 0 saturated carbocycles. The van der Waals surface area contributed by atoms with Gasteiger partial charge in [0.15, 0.2) is 6.10 Å². The second-order valence-electron chi connectivity index (χ2n) is 4.44. The molecule has 2 aromatic rings. The van der Waals surface area contributed by atoms with Crippen molar-refractivity contribution in [2.45, 2.75) is 12.3 Å². The van der Waals surface area contributed by atoms with Gasteiger partial charge in [-0.05, 0) is 35.9 Å². The molecule has 7 heteroatoms. The first-order chi connectivity index (χ1) is 10.3. The van der Waals surface area contributed by atoms with Gasteiger partial charge in [0.25, 0.3) is 0 Å². The summed E-state index contributed by atoms with van der Waals surface area (Å²) in [6.07, 6.45) is -6.22. The Labute approximate surface area is 123 Å². The van der Waals surface area contributed by atoms with E-state index in [0.29, 0.717) is 0 Å². The molecule has 0 heterocycles. The summed E-state index contributed by atoms with van der Waals surface area (Å²) >= 11 is 0. The first-order valence-electron chi connectivity index (χ1n) is 6.13. The molecule has 0 aliphatic rings. The van der Waals surface area contributed by atoms with Gasteiger partial charge < -0.3 is 14.9 Å². The normalized spacial score (nSPS) is 12.7. The maximum atomic E-state index is 12.6. The zero-order valence-corrected chi connectivity index (χ0v) is 11.0. The van der Waals surface area contributed by atoms with Crippen molar-refractivity contribution < 1.29 is 32.9 Å². The van der Waals surface area contributed by atoms with Gasteiger partial charge >= 0.3 is 12.1 Å². The van der Waals surface area contributed by atoms with E-state index in [1.807, 2.05) is 0 Å². The van der Waals surface area contributed by atoms with Crippen molar-refractivity contribution in [3.05, 3.63) is 59.7 Å². The van der Waals surface area contributed by atoms with Crippen LogP contribution in [0.2, 0.25) is 0 Å². The van der Waals surface area contributed by atoms with Crippen LogP contribution < -0.4 is 4.74 Å². The first-order valence-corrected chi connectivity index (χ1v) is 6.13. The van der Waals surface area contributed by atoms with Crippen molar-refractivity contribution in [3.63, 3.8) is 0 Å². The maximum Gasteiger partial charge on any atom is 0.416 e. The summed E-state index contributed by atoms with van der Waals surface area (Å²) in [5, 5.41) is 18.2. The van der Waals surface area contributed by atoms with Gasteiger partial charge in [-0.3, -0.25) is 0 Å². The monoisotopic (exact) mass is 312 g/mol. The minimum Gasteiger partial charge on any atom is -0.479 e. The summed E-state index contributed by atoms with van der Waals surface area (Å²) in [5.74, 6) is -1.36. The van der Waals surface area contributed by atoms with E-state index in [9.17, 15) is 23.1 Å². The van der Waals surface area contributed by atoms with E-state index in [-0.39, 0.29) is 17.1 Å². The quantitative estimate of drug-likeness (QED) is 0.905. The molecule has 0 fully saturated rings. The molecule has 2 N–H and O–H groups in total. The lowest BCUT2D eigenvalue weighted by atomic mass is 10.1. The Morgan fingerprint density at radius 3 is 2.23 bits per heavy atom. The van der Waals surface area contributed by atoms with Crippen LogP contribution in [0.15, 0.2) is 48.5 Å². The molecular weight excluding hydrogens is 301 g/mol. The Morgan fingerprint density at radius 2 is 1.64 bits per heavy atom. The van der Waals surface area contributed by atoms with Crippen LogP contribution in [0, 0.1) is 0 Å². The summed E-state index contributed by atoms with van der Waals surface area (Å²) < 4.78 is 43.1. The minimum atomic E-state index is -4.49. The van der Waals surface area contributed by atoms with Crippen LogP contribution in [0.3, 0.4) is 0 Å². The van der Waals surface area contributed by atoms with Crippen molar-refractivity contribution >= 4 is 5.97 Å². The molecule has 0 aliphatic carbocycles. The molecule has 1 atom stereocenters. The van der Waals surface area contributed by atoms with E-state index in [0.717, 1.165) is 12.1 Å². The number of benzene rings is 2. The Morgan fingerprint density at radius 1 is 1.05 bits per heavy atom. The Balaban J connectivity index is 2.25. The number of alkyl halides is 3. The van der Waals surface area contributed by atoms with Crippen LogP contribution in [0.5, 0.6) is 11.5 Å². The third kappa shape index (κ3) is 3.76. The molecule has 0 radical (unpaired) electrons. The van der Waals surface area contributed by atoms with E-state index in [2.05, 4.69) is 0 Å². The van der Waals surface area contributed by atoms with Crippen molar-refractivity contribution in [1.29, 1.82) is 0 Å². The highest BCUT2D eigenvalue weighted by atomic mass is 19.4. The van der Waals surface area contributed by atoms with Gasteiger partial charge in [0.1, 0.15) is 11.5 Å². The molecule has 4 nitrogen and oxygen atoms in total. The van der Waals surface area contributed by atoms with Gasteiger partial charge in [0.05, 0.1) is 5.56 Å². The fourth-order valence-electron chi connectivity index (χ4n) is 1.76. The third-order valence-electron chi connectivity index (χ3n) is 2.80. The van der Waals surface area contributed by atoms with E-state index in [4.69, 9.17) is 9.84 Å². The maximum absolute atomic E-state index is 12.6. The molecule has 0 bridgehead atoms. The van der Waals surface area contributed by atoms with Crippen LogP contribution >= 0.6 is 0 Å². The number of hydrogen-bond acceptors (Lipinski definition) is 3. The van der Waals surface area contributed by atoms with Gasteiger partial charge in [0.2, 0.25) is 0 Å². The van der Waals surface area contributed by atoms with E-state index in [1.165, 1.54) is 36.4 Å². The number of carboxylic acids is 1. The fourth-order valence-corrected chi connectivity index (χ4v) is 1.76. The highest BCUT2D eigenvalue weighted by molar-refractivity contribution is 5.74. The topological polar surface area (TPSA) is 66.8 Å². The zero-order chi connectivity index (χ0) is 16.3. The molecule has 0 amide bonds. The number of aliphatic hydroxyl groups is 1. The summed E-state index contributed by atoms with van der Waals surface area (Å²) in [7, 11) is 0. The largest absolute Gasteiger partial charge is 0.479 e. The van der Waals surface area contributed by atoms with E-state index < -0.39 is 23.8 Å². The lowest BCUT2D eigenvalue weighted by Gasteiger charge is -2.11. The first kappa shape index (κ1) is 15.8. The molecule has 22 heavy (non-hydrogen) atoms. The number of rotatable bonds is 4. The summed E-state index contributed by atoms with van der Waals surface area (Å²) in [5.41, 5.74) is -0.788. The Hall–Kier alpha value is -2.54. The van der Waals surface area contributed by atoms with Crippen molar-refractivity contribution in [2.24, 2.45) is 0 Å². The Bertz CT molecular complexity index is 682. The van der Waals surface area contributed by atoms with Crippen molar-refractivity contribution in [3.8, 4) is 11.5 Å². The minimum absolute atomic E-state index is 0.0446. The Kier molecular flexibility index (Phi) is 4.37. The van der Waals surface area contributed by atoms with Gasteiger partial charge in [0, 0.05) is 0 Å². The molecule has 0 aromatic heterocycles. The summed E-state index contributed by atoms with van der Waals surface area (Å²) in [4.78, 5) is 10.7. The molecule has 2 rings (SSSR count). The van der Waals surface area contributed by atoms with Crippen LogP contribution in [-0.4, -0.2) is 16.2 Å². The summed E-state index contributed by atoms with van der Waals surface area (Å²) in [6.45, 7) is 0. The number of ether oxygens (including phenoxy) is 1. The second kappa shape index (κ2) is 6.07. The average Bonchev–Trinajstić information content (AvgIpc) is 2.46. The van der Waals surface area contributed by atoms with Gasteiger partial charge in [-0.1, -0.05) is 18.2 Å². The third-order valence-corrected chi connectivity index (χ3v) is 2.80. The summed E-state index contributed by atoms with van der Waals surface area (Å²) in [6, 6.07) is 9.79. The molecule has 0 spiro atoms. The molecule has 0 aliphatic heterocycles. The highest BCUT2D eigenvalue weighted by Crippen LogP contribution is 2.33. The number of hydrogen-bond donors (Lipinski definition) is 2. The van der Waals surface area contributed by atoms with Gasteiger partial charge in [-0.25, -0.2) is 4.79 Å². The molecular formula is C15H11F3O4. The number of halogens is 3. The predicted molar refractivity (Wildman–Crippen MR) is 70.6 cm³/mol. The standard InChI is InChI=1S/C15H11F3O4/c16-15(17,18)10-4-2-6-12(8-10)22-11-5-1-3-9(7-11)13(19)14(20)21/h1-8,13,19H,(H,20,21). The predicted octanol–water partition coefficient (Wildman–Crippen LogP) is 3.62. The lowest BCUT2D eigenvalue weighted by molar-refractivity contribution is -0.147. The molecule has 0 saturated heterocycles. The molecule has 2 aromatic carbocycles. The van der Waals surface area contributed by atoms with Crippen molar-refractivity contribution in [1.82, 2.24) is 0 Å².